The Balaban J connectivity index is 0.00000140. The summed E-state index contributed by atoms with van der Waals surface area (Å²) in [5.41, 5.74) is 2.65. The summed E-state index contributed by atoms with van der Waals surface area (Å²) in [6.07, 6.45) is 0. The second kappa shape index (κ2) is 9.16. The van der Waals surface area contributed by atoms with Crippen molar-refractivity contribution in [3.8, 4) is 0 Å². The quantitative estimate of drug-likeness (QED) is 0.704. The summed E-state index contributed by atoms with van der Waals surface area (Å²) in [7, 11) is 0.885. The first-order valence-corrected chi connectivity index (χ1v) is 11.0. The van der Waals surface area contributed by atoms with E-state index in [1.54, 1.807) is 8.61 Å². The van der Waals surface area contributed by atoms with Crippen molar-refractivity contribution in [2.45, 2.75) is 13.0 Å². The molecule has 1 aromatic rings. The van der Waals surface area contributed by atoms with Gasteiger partial charge in [-0.15, -0.1) is 24.8 Å². The van der Waals surface area contributed by atoms with Crippen molar-refractivity contribution in [2.24, 2.45) is 11.8 Å². The number of halogens is 2. The molecule has 28 heavy (non-hydrogen) atoms. The monoisotopic (exact) mass is 450 g/mol. The molecule has 3 aliphatic rings. The van der Waals surface area contributed by atoms with Crippen LogP contribution in [-0.4, -0.2) is 86.7 Å². The van der Waals surface area contributed by atoms with Gasteiger partial charge >= 0.3 is 0 Å². The Morgan fingerprint density at radius 2 is 1.54 bits per heavy atom. The summed E-state index contributed by atoms with van der Waals surface area (Å²) in [5.74, 6) is 0.801. The molecule has 3 fully saturated rings. The number of piperazine rings is 1. The summed E-state index contributed by atoms with van der Waals surface area (Å²) >= 11 is 0. The highest BCUT2D eigenvalue weighted by molar-refractivity contribution is 7.86. The van der Waals surface area contributed by atoms with Crippen LogP contribution in [-0.2, 0) is 10.2 Å². The molecule has 3 atom stereocenters. The summed E-state index contributed by atoms with van der Waals surface area (Å²) < 4.78 is 29.7. The van der Waals surface area contributed by atoms with Gasteiger partial charge < -0.3 is 4.90 Å². The summed E-state index contributed by atoms with van der Waals surface area (Å²) in [5, 5.41) is 0. The molecule has 4 rings (SSSR count). The fraction of sp³-hybridized carbons (Fsp3) is 0.684. The molecule has 0 N–H and O–H groups in total. The maximum Gasteiger partial charge on any atom is 0.282 e. The van der Waals surface area contributed by atoms with Crippen molar-refractivity contribution < 1.29 is 8.42 Å². The van der Waals surface area contributed by atoms with E-state index >= 15 is 0 Å². The molecule has 3 aliphatic heterocycles. The first kappa shape index (κ1) is 23.9. The van der Waals surface area contributed by atoms with Crippen molar-refractivity contribution in [2.75, 3.05) is 59.9 Å². The van der Waals surface area contributed by atoms with Gasteiger partial charge in [-0.05, 0) is 44.0 Å². The first-order valence-electron chi connectivity index (χ1n) is 9.57. The first-order chi connectivity index (χ1) is 12.4. The van der Waals surface area contributed by atoms with Crippen LogP contribution in [0.3, 0.4) is 0 Å². The SMILES string of the molecule is Cc1ccccc1[C@@H]1[C@@H]2CN(S(=O)(=O)N3CCN(C)CC3)C[C@@H]2CN1C.Cl.Cl. The van der Waals surface area contributed by atoms with Crippen molar-refractivity contribution >= 4 is 35.0 Å². The Labute approximate surface area is 181 Å². The molecule has 0 spiro atoms. The van der Waals surface area contributed by atoms with Gasteiger partial charge in [0, 0.05) is 51.9 Å². The number of fused-ring (bicyclic) bond motifs is 1. The van der Waals surface area contributed by atoms with E-state index in [4.69, 9.17) is 0 Å². The molecule has 6 nitrogen and oxygen atoms in total. The fourth-order valence-corrected chi connectivity index (χ4v) is 6.67. The molecule has 0 saturated carbocycles. The summed E-state index contributed by atoms with van der Waals surface area (Å²) in [6, 6.07) is 8.84. The van der Waals surface area contributed by atoms with Crippen molar-refractivity contribution in [1.29, 1.82) is 0 Å². The van der Waals surface area contributed by atoms with Gasteiger partial charge in [-0.3, -0.25) is 4.90 Å². The van der Waals surface area contributed by atoms with E-state index in [0.29, 0.717) is 44.1 Å². The van der Waals surface area contributed by atoms with Crippen LogP contribution in [0.4, 0.5) is 0 Å². The molecule has 0 radical (unpaired) electrons. The smallest absolute Gasteiger partial charge is 0.282 e. The van der Waals surface area contributed by atoms with Crippen molar-refractivity contribution in [3.63, 3.8) is 0 Å². The topological polar surface area (TPSA) is 47.1 Å². The number of aryl methyl sites for hydroxylation is 1. The maximum atomic E-state index is 13.1. The van der Waals surface area contributed by atoms with Crippen LogP contribution in [0.1, 0.15) is 17.2 Å². The van der Waals surface area contributed by atoms with Gasteiger partial charge in [-0.25, -0.2) is 0 Å². The minimum atomic E-state index is -3.34. The predicted molar refractivity (Wildman–Crippen MR) is 118 cm³/mol. The lowest BCUT2D eigenvalue weighted by Gasteiger charge is -2.35. The van der Waals surface area contributed by atoms with Gasteiger partial charge in [0.05, 0.1) is 0 Å². The number of hydrogen-bond acceptors (Lipinski definition) is 4. The van der Waals surface area contributed by atoms with Gasteiger partial charge in [0.15, 0.2) is 0 Å². The number of hydrogen-bond donors (Lipinski definition) is 0. The highest BCUT2D eigenvalue weighted by Crippen LogP contribution is 2.45. The van der Waals surface area contributed by atoms with Crippen molar-refractivity contribution in [1.82, 2.24) is 18.4 Å². The van der Waals surface area contributed by atoms with Crippen LogP contribution in [0.15, 0.2) is 24.3 Å². The lowest BCUT2D eigenvalue weighted by Crippen LogP contribution is -2.52. The zero-order valence-corrected chi connectivity index (χ0v) is 19.3. The summed E-state index contributed by atoms with van der Waals surface area (Å²) in [4.78, 5) is 4.60. The van der Waals surface area contributed by atoms with E-state index in [1.165, 1.54) is 11.1 Å². The van der Waals surface area contributed by atoms with Crippen LogP contribution in [0.5, 0.6) is 0 Å². The molecular formula is C19H32Cl2N4O2S. The number of rotatable bonds is 3. The van der Waals surface area contributed by atoms with E-state index in [-0.39, 0.29) is 24.8 Å². The fourth-order valence-electron chi connectivity index (χ4n) is 4.97. The zero-order chi connectivity index (χ0) is 18.5. The van der Waals surface area contributed by atoms with E-state index in [2.05, 4.69) is 48.0 Å². The Hall–Kier alpha value is -0.410. The largest absolute Gasteiger partial charge is 0.304 e. The van der Waals surface area contributed by atoms with Crippen LogP contribution in [0.2, 0.25) is 0 Å². The zero-order valence-electron chi connectivity index (χ0n) is 16.8. The standard InChI is InChI=1S/C19H30N4O2S.2ClH/c1-15-6-4-5-7-17(15)19-18-14-23(13-16(18)12-21(19)3)26(24,25)22-10-8-20(2)9-11-22;;/h4-7,16,18-19H,8-14H2,1-3H3;2*1H/t16-,18+,19+;;/m0../s1. The Morgan fingerprint density at radius 3 is 2.18 bits per heavy atom. The highest BCUT2D eigenvalue weighted by atomic mass is 35.5. The third kappa shape index (κ3) is 4.21. The molecule has 3 saturated heterocycles. The van der Waals surface area contributed by atoms with E-state index < -0.39 is 10.2 Å². The van der Waals surface area contributed by atoms with Gasteiger partial charge in [0.25, 0.3) is 10.2 Å². The second-order valence-corrected chi connectivity index (χ2v) is 10.1. The van der Waals surface area contributed by atoms with Crippen LogP contribution in [0.25, 0.3) is 0 Å². The normalized spacial score (nSPS) is 29.9. The number of benzene rings is 1. The molecule has 0 bridgehead atoms. The van der Waals surface area contributed by atoms with Gasteiger partial charge in [-0.2, -0.15) is 17.0 Å². The average Bonchev–Trinajstić information content (AvgIpc) is 3.13. The lowest BCUT2D eigenvalue weighted by molar-refractivity contribution is 0.209. The molecular weight excluding hydrogens is 419 g/mol. The molecule has 3 heterocycles. The molecule has 0 unspecified atom stereocenters. The Bertz CT molecular complexity index is 771. The van der Waals surface area contributed by atoms with Crippen LogP contribution < -0.4 is 0 Å². The Kier molecular flexibility index (Phi) is 7.81. The van der Waals surface area contributed by atoms with Gasteiger partial charge in [0.1, 0.15) is 0 Å². The lowest BCUT2D eigenvalue weighted by atomic mass is 9.88. The van der Waals surface area contributed by atoms with E-state index in [1.807, 2.05) is 7.05 Å². The number of likely N-dealkylation sites (tertiary alicyclic amines) is 1. The minimum absolute atomic E-state index is 0. The second-order valence-electron chi connectivity index (χ2n) is 8.19. The molecule has 1 aromatic carbocycles. The average molecular weight is 451 g/mol. The van der Waals surface area contributed by atoms with Gasteiger partial charge in [0.2, 0.25) is 0 Å². The molecule has 0 amide bonds. The minimum Gasteiger partial charge on any atom is -0.304 e. The predicted octanol–water partition coefficient (Wildman–Crippen LogP) is 1.87. The van der Waals surface area contributed by atoms with Crippen molar-refractivity contribution in [3.05, 3.63) is 35.4 Å². The molecule has 0 aliphatic carbocycles. The molecule has 9 heteroatoms. The molecule has 0 aromatic heterocycles. The van der Waals surface area contributed by atoms with E-state index in [0.717, 1.165) is 19.6 Å². The summed E-state index contributed by atoms with van der Waals surface area (Å²) in [6.45, 7) is 7.26. The third-order valence-electron chi connectivity index (χ3n) is 6.48. The van der Waals surface area contributed by atoms with Crippen LogP contribution in [0, 0.1) is 18.8 Å². The number of nitrogens with zero attached hydrogens (tertiary/aromatic N) is 4. The molecule has 160 valence electrons. The Morgan fingerprint density at radius 1 is 0.893 bits per heavy atom. The van der Waals surface area contributed by atoms with Crippen LogP contribution >= 0.6 is 24.8 Å². The van der Waals surface area contributed by atoms with E-state index in [9.17, 15) is 8.42 Å². The third-order valence-corrected chi connectivity index (χ3v) is 8.45. The highest BCUT2D eigenvalue weighted by Gasteiger charge is 2.50. The van der Waals surface area contributed by atoms with Gasteiger partial charge in [-0.1, -0.05) is 24.3 Å². The number of likely N-dealkylation sites (N-methyl/N-ethyl adjacent to an activating group) is 1. The maximum absolute atomic E-state index is 13.1.